The third-order valence-electron chi connectivity index (χ3n) is 7.11. The second kappa shape index (κ2) is 10.3. The number of aromatic nitrogens is 1. The number of nitrogens with one attached hydrogen (secondary N) is 1. The molecule has 2 aliphatic heterocycles. The van der Waals surface area contributed by atoms with Crippen molar-refractivity contribution in [1.29, 1.82) is 0 Å². The Morgan fingerprint density at radius 1 is 1.00 bits per heavy atom. The van der Waals surface area contributed by atoms with Crippen LogP contribution in [0.25, 0.3) is 0 Å². The lowest BCUT2D eigenvalue weighted by atomic mass is 9.82. The van der Waals surface area contributed by atoms with Gasteiger partial charge in [-0.15, -0.1) is 0 Å². The van der Waals surface area contributed by atoms with Crippen LogP contribution in [0.3, 0.4) is 0 Å². The van der Waals surface area contributed by atoms with E-state index in [2.05, 4.69) is 20.9 Å². The molecule has 0 saturated carbocycles. The standard InChI is InChI=1S/C29H23BrN2O5S2/c1-15-5-3-4-6-16(15)14-37-21-12-7-17(30)13-20(21)22-23-25(38-26-24(22)39-29(35)31-26)28(34)32(27(23)33)18-8-10-19(36-2)11-9-18/h3-13,22-23,25H,14H2,1-2H3,(H,31,35)/t22-,23-,25+/m0/s1. The molecule has 1 aromatic heterocycles. The maximum absolute atomic E-state index is 14.0. The summed E-state index contributed by atoms with van der Waals surface area (Å²) < 4.78 is 12.4. The first kappa shape index (κ1) is 25.9. The van der Waals surface area contributed by atoms with Gasteiger partial charge in [0.2, 0.25) is 11.8 Å². The average molecular weight is 624 g/mol. The largest absolute Gasteiger partial charge is 0.497 e. The molecule has 0 bridgehead atoms. The Hall–Kier alpha value is -3.34. The first-order valence-electron chi connectivity index (χ1n) is 12.2. The lowest BCUT2D eigenvalue weighted by Gasteiger charge is -2.31. The van der Waals surface area contributed by atoms with Crippen LogP contribution in [0, 0.1) is 12.8 Å². The van der Waals surface area contributed by atoms with Gasteiger partial charge in [0.1, 0.15) is 23.4 Å². The molecule has 3 aromatic carbocycles. The van der Waals surface area contributed by atoms with Crippen LogP contribution in [0.4, 0.5) is 5.69 Å². The van der Waals surface area contributed by atoms with Crippen molar-refractivity contribution in [1.82, 2.24) is 4.98 Å². The lowest BCUT2D eigenvalue weighted by Crippen LogP contribution is -2.32. The first-order valence-corrected chi connectivity index (χ1v) is 14.7. The van der Waals surface area contributed by atoms with Gasteiger partial charge in [-0.1, -0.05) is 63.3 Å². The van der Waals surface area contributed by atoms with Crippen LogP contribution in [-0.4, -0.2) is 29.2 Å². The minimum atomic E-state index is -0.710. The van der Waals surface area contributed by atoms with E-state index in [0.717, 1.165) is 37.4 Å². The number of thiazole rings is 1. The van der Waals surface area contributed by atoms with Gasteiger partial charge in [-0.25, -0.2) is 4.90 Å². The molecule has 1 saturated heterocycles. The number of benzene rings is 3. The van der Waals surface area contributed by atoms with E-state index < -0.39 is 17.1 Å². The maximum Gasteiger partial charge on any atom is 0.305 e. The average Bonchev–Trinajstić information content (AvgIpc) is 3.43. The van der Waals surface area contributed by atoms with E-state index in [1.54, 1.807) is 31.4 Å². The topological polar surface area (TPSA) is 88.7 Å². The Labute approximate surface area is 241 Å². The van der Waals surface area contributed by atoms with Gasteiger partial charge in [0.25, 0.3) is 0 Å². The van der Waals surface area contributed by atoms with E-state index in [0.29, 0.717) is 28.8 Å². The van der Waals surface area contributed by atoms with Crippen molar-refractivity contribution in [2.24, 2.45) is 5.92 Å². The molecule has 3 heterocycles. The van der Waals surface area contributed by atoms with Gasteiger partial charge in [0.15, 0.2) is 0 Å². The number of imide groups is 1. The Morgan fingerprint density at radius 2 is 1.77 bits per heavy atom. The van der Waals surface area contributed by atoms with Crippen molar-refractivity contribution in [2.75, 3.05) is 12.0 Å². The number of fused-ring (bicyclic) bond motifs is 2. The second-order valence-corrected chi connectivity index (χ2v) is 12.4. The molecule has 6 rings (SSSR count). The van der Waals surface area contributed by atoms with Crippen molar-refractivity contribution >= 4 is 56.5 Å². The van der Waals surface area contributed by atoms with E-state index in [4.69, 9.17) is 9.47 Å². The van der Waals surface area contributed by atoms with E-state index >= 15 is 0 Å². The molecule has 1 fully saturated rings. The zero-order valence-electron chi connectivity index (χ0n) is 21.0. The quantitative estimate of drug-likeness (QED) is 0.270. The van der Waals surface area contributed by atoms with Crippen LogP contribution >= 0.6 is 39.0 Å². The summed E-state index contributed by atoms with van der Waals surface area (Å²) in [6.07, 6.45) is 0. The zero-order chi connectivity index (χ0) is 27.3. The number of thioether (sulfide) groups is 1. The van der Waals surface area contributed by atoms with Gasteiger partial charge in [0.05, 0.1) is 23.7 Å². The monoisotopic (exact) mass is 622 g/mol. The summed E-state index contributed by atoms with van der Waals surface area (Å²) in [5.41, 5.74) is 3.40. The predicted molar refractivity (Wildman–Crippen MR) is 155 cm³/mol. The van der Waals surface area contributed by atoms with Gasteiger partial charge in [-0.3, -0.25) is 14.4 Å². The molecule has 2 amide bonds. The fourth-order valence-corrected chi connectivity index (χ4v) is 8.04. The number of rotatable bonds is 6. The molecule has 10 heteroatoms. The number of aryl methyl sites for hydroxylation is 1. The van der Waals surface area contributed by atoms with Gasteiger partial charge >= 0.3 is 4.87 Å². The number of ether oxygens (including phenoxy) is 2. The number of hydrogen-bond acceptors (Lipinski definition) is 7. The van der Waals surface area contributed by atoms with Gasteiger partial charge in [-0.2, -0.15) is 0 Å². The molecule has 7 nitrogen and oxygen atoms in total. The highest BCUT2D eigenvalue weighted by Crippen LogP contribution is 2.54. The first-order chi connectivity index (χ1) is 18.9. The molecule has 2 aliphatic rings. The highest BCUT2D eigenvalue weighted by Gasteiger charge is 2.56. The molecular formula is C29H23BrN2O5S2. The highest BCUT2D eigenvalue weighted by molar-refractivity contribution is 9.10. The molecule has 0 unspecified atom stereocenters. The van der Waals surface area contributed by atoms with Gasteiger partial charge in [0, 0.05) is 20.8 Å². The fraction of sp³-hybridized carbons (Fsp3) is 0.207. The highest BCUT2D eigenvalue weighted by atomic mass is 79.9. The minimum Gasteiger partial charge on any atom is -0.497 e. The summed E-state index contributed by atoms with van der Waals surface area (Å²) in [5.74, 6) is -0.624. The summed E-state index contributed by atoms with van der Waals surface area (Å²) in [6.45, 7) is 2.38. The maximum atomic E-state index is 14.0. The molecule has 0 radical (unpaired) electrons. The SMILES string of the molecule is COc1ccc(N2C(=O)[C@H]3[C@H](c4cc(Br)ccc4OCc4ccccc4C)c4sc(=O)[nH]c4S[C@H]3C2=O)cc1. The minimum absolute atomic E-state index is 0.221. The Kier molecular flexibility index (Phi) is 6.86. The number of carbonyl (C=O) groups excluding carboxylic acids is 2. The van der Waals surface area contributed by atoms with E-state index in [1.165, 1.54) is 16.7 Å². The number of aromatic amines is 1. The molecular weight excluding hydrogens is 600 g/mol. The number of nitrogens with zero attached hydrogens (tertiary/aromatic N) is 1. The molecule has 3 atom stereocenters. The van der Waals surface area contributed by atoms with E-state index in [-0.39, 0.29) is 16.7 Å². The molecule has 1 N–H and O–H groups in total. The van der Waals surface area contributed by atoms with Crippen LogP contribution in [0.15, 0.2) is 81.0 Å². The smallest absolute Gasteiger partial charge is 0.305 e. The number of carbonyl (C=O) groups is 2. The van der Waals surface area contributed by atoms with Crippen molar-refractivity contribution in [2.45, 2.75) is 29.7 Å². The molecule has 0 aliphatic carbocycles. The van der Waals surface area contributed by atoms with Gasteiger partial charge < -0.3 is 14.5 Å². The summed E-state index contributed by atoms with van der Waals surface area (Å²) in [4.78, 5) is 44.9. The van der Waals surface area contributed by atoms with Crippen LogP contribution < -0.4 is 19.2 Å². The summed E-state index contributed by atoms with van der Waals surface area (Å²) in [6, 6.07) is 20.5. The van der Waals surface area contributed by atoms with Crippen molar-refractivity contribution in [3.8, 4) is 11.5 Å². The van der Waals surface area contributed by atoms with Crippen LogP contribution in [-0.2, 0) is 16.2 Å². The van der Waals surface area contributed by atoms with Crippen LogP contribution in [0.2, 0.25) is 0 Å². The molecule has 4 aromatic rings. The number of methoxy groups -OCH3 is 1. The number of halogens is 1. The van der Waals surface area contributed by atoms with Crippen LogP contribution in [0.1, 0.15) is 27.5 Å². The normalized spacial score (nSPS) is 20.1. The molecule has 198 valence electrons. The van der Waals surface area contributed by atoms with E-state index in [1.807, 2.05) is 49.4 Å². The lowest BCUT2D eigenvalue weighted by molar-refractivity contribution is -0.122. The zero-order valence-corrected chi connectivity index (χ0v) is 24.2. The summed E-state index contributed by atoms with van der Waals surface area (Å²) in [7, 11) is 1.56. The predicted octanol–water partition coefficient (Wildman–Crippen LogP) is 5.89. The number of H-pyrrole nitrogens is 1. The van der Waals surface area contributed by atoms with Crippen molar-refractivity contribution < 1.29 is 19.1 Å². The van der Waals surface area contributed by atoms with Crippen LogP contribution in [0.5, 0.6) is 11.5 Å². The van der Waals surface area contributed by atoms with Crippen molar-refractivity contribution in [3.05, 3.63) is 102 Å². The molecule has 0 spiro atoms. The van der Waals surface area contributed by atoms with E-state index in [9.17, 15) is 14.4 Å². The molecule has 39 heavy (non-hydrogen) atoms. The number of anilines is 1. The second-order valence-electron chi connectivity index (χ2n) is 9.36. The van der Waals surface area contributed by atoms with Crippen molar-refractivity contribution in [3.63, 3.8) is 0 Å². The Bertz CT molecular complexity index is 1650. The summed E-state index contributed by atoms with van der Waals surface area (Å²) in [5, 5.41) is -0.0654. The number of amides is 2. The summed E-state index contributed by atoms with van der Waals surface area (Å²) >= 11 is 5.91. The third-order valence-corrected chi connectivity index (χ3v) is 10.0. The van der Waals surface area contributed by atoms with Gasteiger partial charge in [-0.05, 0) is 60.5 Å². The Balaban J connectivity index is 1.44. The fourth-order valence-electron chi connectivity index (χ4n) is 5.16. The Morgan fingerprint density at radius 3 is 2.51 bits per heavy atom. The number of hydrogen-bond donors (Lipinski definition) is 1. The third kappa shape index (κ3) is 4.60.